The minimum atomic E-state index is -0.508. The van der Waals surface area contributed by atoms with Gasteiger partial charge in [-0.15, -0.1) is 0 Å². The molecule has 8 heteroatoms. The first-order valence-electron chi connectivity index (χ1n) is 7.85. The van der Waals surface area contributed by atoms with Crippen LogP contribution in [-0.4, -0.2) is 14.9 Å². The van der Waals surface area contributed by atoms with Gasteiger partial charge < -0.3 is 10.6 Å². The Morgan fingerprint density at radius 2 is 1.85 bits per heavy atom. The van der Waals surface area contributed by atoms with E-state index < -0.39 is 4.92 Å². The molecule has 0 radical (unpaired) electrons. The summed E-state index contributed by atoms with van der Waals surface area (Å²) in [7, 11) is 0. The van der Waals surface area contributed by atoms with Crippen LogP contribution in [0.5, 0.6) is 0 Å². The molecule has 2 N–H and O–H groups in total. The van der Waals surface area contributed by atoms with Crippen molar-refractivity contribution in [1.82, 2.24) is 9.97 Å². The monoisotopic (exact) mass is 369 g/mol. The van der Waals surface area contributed by atoms with Gasteiger partial charge in [0.1, 0.15) is 6.33 Å². The van der Waals surface area contributed by atoms with Gasteiger partial charge in [0, 0.05) is 17.3 Å². The van der Waals surface area contributed by atoms with Crippen molar-refractivity contribution in [3.05, 3.63) is 81.1 Å². The third-order valence-electron chi connectivity index (χ3n) is 3.74. The van der Waals surface area contributed by atoms with Crippen molar-refractivity contribution in [2.75, 3.05) is 10.6 Å². The molecular weight excluding hydrogens is 354 g/mol. The van der Waals surface area contributed by atoms with E-state index in [1.165, 1.54) is 6.33 Å². The Kier molecular flexibility index (Phi) is 5.28. The zero-order valence-corrected chi connectivity index (χ0v) is 14.7. The first-order valence-corrected chi connectivity index (χ1v) is 8.23. The molecule has 1 aromatic heterocycles. The Morgan fingerprint density at radius 3 is 2.54 bits per heavy atom. The van der Waals surface area contributed by atoms with Crippen molar-refractivity contribution in [2.45, 2.75) is 13.5 Å². The predicted octanol–water partition coefficient (Wildman–Crippen LogP) is 4.70. The third-order valence-corrected chi connectivity index (χ3v) is 4.15. The van der Waals surface area contributed by atoms with E-state index >= 15 is 0 Å². The molecule has 0 aliphatic carbocycles. The van der Waals surface area contributed by atoms with Gasteiger partial charge in [0.15, 0.2) is 0 Å². The number of hydrogen-bond donors (Lipinski definition) is 2. The highest BCUT2D eigenvalue weighted by molar-refractivity contribution is 6.31. The lowest BCUT2D eigenvalue weighted by atomic mass is 10.2. The van der Waals surface area contributed by atoms with Gasteiger partial charge in [0.25, 0.3) is 0 Å². The predicted molar refractivity (Wildman–Crippen MR) is 102 cm³/mol. The maximum atomic E-state index is 11.6. The molecule has 132 valence electrons. The standard InChI is InChI=1S/C18H16ClN5O2/c1-12-7-8-14(9-15(12)19)23-18-16(24(25)26)17(21-11-22-18)20-10-13-5-3-2-4-6-13/h2-9,11H,10H2,1H3,(H2,20,21,22,23). The Bertz CT molecular complexity index is 934. The fraction of sp³-hybridized carbons (Fsp3) is 0.111. The fourth-order valence-electron chi connectivity index (χ4n) is 2.36. The van der Waals surface area contributed by atoms with Crippen LogP contribution in [0.2, 0.25) is 5.02 Å². The van der Waals surface area contributed by atoms with Gasteiger partial charge >= 0.3 is 5.69 Å². The Labute approximate surface area is 155 Å². The summed E-state index contributed by atoms with van der Waals surface area (Å²) in [5, 5.41) is 18.1. The van der Waals surface area contributed by atoms with Crippen LogP contribution in [0.4, 0.5) is 23.0 Å². The second-order valence-corrected chi connectivity index (χ2v) is 6.01. The van der Waals surface area contributed by atoms with E-state index in [0.29, 0.717) is 17.3 Å². The summed E-state index contributed by atoms with van der Waals surface area (Å²) in [5.74, 6) is 0.245. The van der Waals surface area contributed by atoms with E-state index in [1.54, 1.807) is 12.1 Å². The summed E-state index contributed by atoms with van der Waals surface area (Å²) in [6.07, 6.45) is 1.28. The molecule has 0 fully saturated rings. The van der Waals surface area contributed by atoms with Crippen molar-refractivity contribution in [3.8, 4) is 0 Å². The fourth-order valence-corrected chi connectivity index (χ4v) is 2.54. The second-order valence-electron chi connectivity index (χ2n) is 5.60. The Balaban J connectivity index is 1.88. The van der Waals surface area contributed by atoms with E-state index in [4.69, 9.17) is 11.6 Å². The van der Waals surface area contributed by atoms with Crippen molar-refractivity contribution >= 4 is 34.6 Å². The summed E-state index contributed by atoms with van der Waals surface area (Å²) in [5.41, 5.74) is 2.29. The highest BCUT2D eigenvalue weighted by Crippen LogP contribution is 2.32. The van der Waals surface area contributed by atoms with Gasteiger partial charge in [-0.1, -0.05) is 48.0 Å². The lowest BCUT2D eigenvalue weighted by molar-refractivity contribution is -0.383. The van der Waals surface area contributed by atoms with Crippen molar-refractivity contribution in [3.63, 3.8) is 0 Å². The van der Waals surface area contributed by atoms with E-state index in [1.807, 2.05) is 43.3 Å². The van der Waals surface area contributed by atoms with Gasteiger partial charge in [-0.05, 0) is 30.2 Å². The molecule has 7 nitrogen and oxygen atoms in total. The number of aryl methyl sites for hydroxylation is 1. The average Bonchev–Trinajstić information content (AvgIpc) is 2.64. The number of hydrogen-bond acceptors (Lipinski definition) is 6. The number of nitrogens with zero attached hydrogens (tertiary/aromatic N) is 3. The molecule has 0 aliphatic heterocycles. The smallest absolute Gasteiger partial charge is 0.353 e. The number of rotatable bonds is 6. The molecule has 2 aromatic carbocycles. The minimum absolute atomic E-state index is 0.0977. The lowest BCUT2D eigenvalue weighted by Gasteiger charge is -2.11. The maximum absolute atomic E-state index is 11.6. The van der Waals surface area contributed by atoms with Crippen LogP contribution in [0, 0.1) is 17.0 Å². The van der Waals surface area contributed by atoms with Gasteiger partial charge in [0.05, 0.1) is 4.92 Å². The van der Waals surface area contributed by atoms with Crippen molar-refractivity contribution in [2.24, 2.45) is 0 Å². The van der Waals surface area contributed by atoms with Crippen LogP contribution in [0.1, 0.15) is 11.1 Å². The zero-order valence-electron chi connectivity index (χ0n) is 13.9. The van der Waals surface area contributed by atoms with E-state index in [9.17, 15) is 10.1 Å². The average molecular weight is 370 g/mol. The Morgan fingerprint density at radius 1 is 1.12 bits per heavy atom. The molecule has 0 saturated heterocycles. The molecule has 1 heterocycles. The molecule has 0 saturated carbocycles. The summed E-state index contributed by atoms with van der Waals surface area (Å²) < 4.78 is 0. The van der Waals surface area contributed by atoms with E-state index in [-0.39, 0.29) is 17.3 Å². The molecule has 0 unspecified atom stereocenters. The normalized spacial score (nSPS) is 10.4. The Hall–Kier alpha value is -3.19. The number of aromatic nitrogens is 2. The van der Waals surface area contributed by atoms with Crippen LogP contribution in [0.3, 0.4) is 0 Å². The zero-order chi connectivity index (χ0) is 18.5. The minimum Gasteiger partial charge on any atom is -0.360 e. The molecule has 0 aliphatic rings. The molecule has 26 heavy (non-hydrogen) atoms. The first kappa shape index (κ1) is 17.6. The molecule has 0 atom stereocenters. The molecular formula is C18H16ClN5O2. The largest absolute Gasteiger partial charge is 0.360 e. The quantitative estimate of drug-likeness (QED) is 0.483. The molecule has 0 bridgehead atoms. The number of nitro groups is 1. The van der Waals surface area contributed by atoms with Crippen LogP contribution in [-0.2, 0) is 6.54 Å². The van der Waals surface area contributed by atoms with Crippen LogP contribution < -0.4 is 10.6 Å². The van der Waals surface area contributed by atoms with Crippen LogP contribution >= 0.6 is 11.6 Å². The highest BCUT2D eigenvalue weighted by Gasteiger charge is 2.23. The third kappa shape index (κ3) is 4.07. The van der Waals surface area contributed by atoms with Gasteiger partial charge in [0.2, 0.25) is 11.6 Å². The van der Waals surface area contributed by atoms with E-state index in [2.05, 4.69) is 20.6 Å². The molecule has 3 aromatic rings. The van der Waals surface area contributed by atoms with E-state index in [0.717, 1.165) is 11.1 Å². The van der Waals surface area contributed by atoms with Gasteiger partial charge in [-0.25, -0.2) is 9.97 Å². The van der Waals surface area contributed by atoms with Crippen molar-refractivity contribution < 1.29 is 4.92 Å². The number of benzene rings is 2. The molecule has 0 spiro atoms. The lowest BCUT2D eigenvalue weighted by Crippen LogP contribution is -2.08. The van der Waals surface area contributed by atoms with Gasteiger partial charge in [-0.3, -0.25) is 10.1 Å². The summed E-state index contributed by atoms with van der Waals surface area (Å²) >= 11 is 6.11. The number of anilines is 3. The second kappa shape index (κ2) is 7.79. The van der Waals surface area contributed by atoms with Crippen LogP contribution in [0.15, 0.2) is 54.9 Å². The first-order chi connectivity index (χ1) is 12.5. The summed E-state index contributed by atoms with van der Waals surface area (Å²) in [6.45, 7) is 2.29. The van der Waals surface area contributed by atoms with Crippen molar-refractivity contribution in [1.29, 1.82) is 0 Å². The van der Waals surface area contributed by atoms with Gasteiger partial charge in [-0.2, -0.15) is 0 Å². The highest BCUT2D eigenvalue weighted by atomic mass is 35.5. The molecule has 3 rings (SSSR count). The number of halogens is 1. The topological polar surface area (TPSA) is 93.0 Å². The summed E-state index contributed by atoms with van der Waals surface area (Å²) in [6, 6.07) is 14.9. The SMILES string of the molecule is Cc1ccc(Nc2ncnc(NCc3ccccc3)c2[N+](=O)[O-])cc1Cl. The number of nitrogens with one attached hydrogen (secondary N) is 2. The summed E-state index contributed by atoms with van der Waals surface area (Å²) in [4.78, 5) is 19.1. The maximum Gasteiger partial charge on any atom is 0.353 e. The van der Waals surface area contributed by atoms with Crippen LogP contribution in [0.25, 0.3) is 0 Å². The molecule has 0 amide bonds.